The summed E-state index contributed by atoms with van der Waals surface area (Å²) in [6.45, 7) is -0.151. The summed E-state index contributed by atoms with van der Waals surface area (Å²) in [4.78, 5) is 12.8. The SMILES string of the molecule is N#CCc1ccc(NC(=O)CN(CCc2ccccc2)S(=O)(=O)c2ccc(Br)cc2)cc1. The van der Waals surface area contributed by atoms with Crippen LogP contribution in [0.3, 0.4) is 0 Å². The highest BCUT2D eigenvalue weighted by molar-refractivity contribution is 9.10. The summed E-state index contributed by atoms with van der Waals surface area (Å²) in [5, 5.41) is 11.5. The van der Waals surface area contributed by atoms with Gasteiger partial charge in [-0.1, -0.05) is 58.4 Å². The third kappa shape index (κ3) is 6.50. The van der Waals surface area contributed by atoms with Gasteiger partial charge in [-0.2, -0.15) is 9.57 Å². The van der Waals surface area contributed by atoms with Crippen molar-refractivity contribution in [3.05, 3.63) is 94.5 Å². The Morgan fingerprint density at radius 1 is 0.938 bits per heavy atom. The van der Waals surface area contributed by atoms with Crippen molar-refractivity contribution >= 4 is 37.5 Å². The van der Waals surface area contributed by atoms with E-state index >= 15 is 0 Å². The second-order valence-electron chi connectivity index (χ2n) is 7.11. The average Bonchev–Trinajstić information content (AvgIpc) is 2.79. The lowest BCUT2D eigenvalue weighted by Crippen LogP contribution is -2.39. The van der Waals surface area contributed by atoms with Crippen molar-refractivity contribution in [2.24, 2.45) is 0 Å². The van der Waals surface area contributed by atoms with E-state index in [0.29, 0.717) is 12.1 Å². The maximum absolute atomic E-state index is 13.3. The molecule has 3 rings (SSSR count). The van der Waals surface area contributed by atoms with Gasteiger partial charge >= 0.3 is 0 Å². The normalized spacial score (nSPS) is 11.2. The smallest absolute Gasteiger partial charge is 0.243 e. The number of nitriles is 1. The summed E-state index contributed by atoms with van der Waals surface area (Å²) in [6, 6.07) is 24.9. The Hall–Kier alpha value is -2.99. The largest absolute Gasteiger partial charge is 0.325 e. The molecular weight excluding hydrogens is 490 g/mol. The molecule has 3 aromatic carbocycles. The Balaban J connectivity index is 1.77. The zero-order valence-corrected chi connectivity index (χ0v) is 19.6. The zero-order chi connectivity index (χ0) is 23.0. The molecule has 0 fully saturated rings. The quantitative estimate of drug-likeness (QED) is 0.461. The number of rotatable bonds is 9. The fourth-order valence-electron chi connectivity index (χ4n) is 3.10. The van der Waals surface area contributed by atoms with Crippen LogP contribution in [0, 0.1) is 11.3 Å². The van der Waals surface area contributed by atoms with Crippen molar-refractivity contribution in [3.63, 3.8) is 0 Å². The molecule has 0 atom stereocenters. The molecule has 32 heavy (non-hydrogen) atoms. The maximum Gasteiger partial charge on any atom is 0.243 e. The molecule has 0 aliphatic rings. The summed E-state index contributed by atoms with van der Waals surface area (Å²) < 4.78 is 28.5. The summed E-state index contributed by atoms with van der Waals surface area (Å²) >= 11 is 3.31. The summed E-state index contributed by atoms with van der Waals surface area (Å²) in [5.41, 5.74) is 2.37. The molecule has 0 saturated heterocycles. The van der Waals surface area contributed by atoms with Crippen molar-refractivity contribution in [3.8, 4) is 6.07 Å². The summed E-state index contributed by atoms with van der Waals surface area (Å²) in [6.07, 6.45) is 0.764. The second-order valence-corrected chi connectivity index (χ2v) is 9.96. The number of carbonyl (C=O) groups excluding carboxylic acids is 1. The molecule has 164 valence electrons. The molecule has 0 aliphatic carbocycles. The lowest BCUT2D eigenvalue weighted by Gasteiger charge is -2.22. The predicted octanol–water partition coefficient (Wildman–Crippen LogP) is 4.39. The van der Waals surface area contributed by atoms with Gasteiger partial charge < -0.3 is 5.32 Å². The van der Waals surface area contributed by atoms with Crippen LogP contribution in [0.15, 0.2) is 88.2 Å². The molecular formula is C24H22BrN3O3S. The van der Waals surface area contributed by atoms with Gasteiger partial charge in [0.05, 0.1) is 23.9 Å². The third-order valence-electron chi connectivity index (χ3n) is 4.78. The van der Waals surface area contributed by atoms with Crippen LogP contribution in [0.2, 0.25) is 0 Å². The van der Waals surface area contributed by atoms with Crippen LogP contribution in [-0.4, -0.2) is 31.7 Å². The third-order valence-corrected chi connectivity index (χ3v) is 7.17. The van der Waals surface area contributed by atoms with Crippen molar-refractivity contribution in [1.29, 1.82) is 5.26 Å². The highest BCUT2D eigenvalue weighted by atomic mass is 79.9. The molecule has 1 N–H and O–H groups in total. The maximum atomic E-state index is 13.3. The first-order valence-electron chi connectivity index (χ1n) is 9.94. The first-order valence-corrected chi connectivity index (χ1v) is 12.2. The van der Waals surface area contributed by atoms with E-state index in [1.807, 2.05) is 30.3 Å². The molecule has 0 spiro atoms. The van der Waals surface area contributed by atoms with Gasteiger partial charge in [-0.25, -0.2) is 8.42 Å². The number of nitrogens with one attached hydrogen (secondary N) is 1. The molecule has 0 radical (unpaired) electrons. The van der Waals surface area contributed by atoms with E-state index < -0.39 is 15.9 Å². The van der Waals surface area contributed by atoms with E-state index in [-0.39, 0.29) is 24.4 Å². The minimum absolute atomic E-state index is 0.127. The van der Waals surface area contributed by atoms with Gasteiger partial charge in [-0.3, -0.25) is 4.79 Å². The van der Waals surface area contributed by atoms with Crippen molar-refractivity contribution in [2.45, 2.75) is 17.7 Å². The number of anilines is 1. The van der Waals surface area contributed by atoms with Crippen LogP contribution in [0.25, 0.3) is 0 Å². The molecule has 0 aromatic heterocycles. The van der Waals surface area contributed by atoms with E-state index in [2.05, 4.69) is 27.3 Å². The topological polar surface area (TPSA) is 90.3 Å². The second kappa shape index (κ2) is 11.0. The Kier molecular flexibility index (Phi) is 8.17. The highest BCUT2D eigenvalue weighted by Crippen LogP contribution is 2.20. The number of halogens is 1. The molecule has 1 amide bonds. The van der Waals surface area contributed by atoms with Crippen LogP contribution >= 0.6 is 15.9 Å². The standard InChI is InChI=1S/C24H22BrN3O3S/c25-21-8-12-23(13-9-21)32(30,31)28(17-15-19-4-2-1-3-5-19)18-24(29)27-22-10-6-20(7-11-22)14-16-26/h1-13H,14-15,17-18H2,(H,27,29). The van der Waals surface area contributed by atoms with Gasteiger partial charge in [0.1, 0.15) is 0 Å². The van der Waals surface area contributed by atoms with Crippen LogP contribution in [0.4, 0.5) is 5.69 Å². The number of hydrogen-bond donors (Lipinski definition) is 1. The van der Waals surface area contributed by atoms with Crippen LogP contribution in [-0.2, 0) is 27.7 Å². The van der Waals surface area contributed by atoms with Crippen LogP contribution in [0.1, 0.15) is 11.1 Å². The number of nitrogens with zero attached hydrogens (tertiary/aromatic N) is 2. The Morgan fingerprint density at radius 3 is 2.22 bits per heavy atom. The van der Waals surface area contributed by atoms with Gasteiger partial charge in [0.2, 0.25) is 15.9 Å². The molecule has 8 heteroatoms. The van der Waals surface area contributed by atoms with Crippen molar-refractivity contribution in [1.82, 2.24) is 4.31 Å². The number of sulfonamides is 1. The minimum Gasteiger partial charge on any atom is -0.325 e. The Labute approximate surface area is 196 Å². The van der Waals surface area contributed by atoms with Gasteiger partial charge in [0, 0.05) is 16.7 Å². The molecule has 0 saturated carbocycles. The first-order chi connectivity index (χ1) is 15.4. The van der Waals surface area contributed by atoms with Crippen molar-refractivity contribution < 1.29 is 13.2 Å². The lowest BCUT2D eigenvalue weighted by atomic mass is 10.1. The molecule has 0 bridgehead atoms. The Morgan fingerprint density at radius 2 is 1.59 bits per heavy atom. The van der Waals surface area contributed by atoms with E-state index in [9.17, 15) is 13.2 Å². The number of benzene rings is 3. The molecule has 0 unspecified atom stereocenters. The van der Waals surface area contributed by atoms with Gasteiger partial charge in [0.25, 0.3) is 0 Å². The molecule has 0 heterocycles. The van der Waals surface area contributed by atoms with E-state index in [1.54, 1.807) is 36.4 Å². The molecule has 6 nitrogen and oxygen atoms in total. The van der Waals surface area contributed by atoms with Crippen molar-refractivity contribution in [2.75, 3.05) is 18.4 Å². The fraction of sp³-hybridized carbons (Fsp3) is 0.167. The van der Waals surface area contributed by atoms with Gasteiger partial charge in [-0.15, -0.1) is 0 Å². The van der Waals surface area contributed by atoms with Crippen LogP contribution in [0.5, 0.6) is 0 Å². The minimum atomic E-state index is -3.87. The zero-order valence-electron chi connectivity index (χ0n) is 17.2. The number of amides is 1. The monoisotopic (exact) mass is 511 g/mol. The summed E-state index contributed by atoms with van der Waals surface area (Å²) in [5.74, 6) is -0.438. The Bertz CT molecular complexity index is 1190. The van der Waals surface area contributed by atoms with E-state index in [4.69, 9.17) is 5.26 Å². The molecule has 0 aliphatic heterocycles. The predicted molar refractivity (Wildman–Crippen MR) is 127 cm³/mol. The number of carbonyl (C=O) groups is 1. The van der Waals surface area contributed by atoms with Gasteiger partial charge in [0.15, 0.2) is 0 Å². The van der Waals surface area contributed by atoms with Gasteiger partial charge in [-0.05, 0) is 53.9 Å². The number of hydrogen-bond acceptors (Lipinski definition) is 4. The lowest BCUT2D eigenvalue weighted by molar-refractivity contribution is -0.116. The highest BCUT2D eigenvalue weighted by Gasteiger charge is 2.26. The fourth-order valence-corrected chi connectivity index (χ4v) is 4.76. The van der Waals surface area contributed by atoms with E-state index in [1.165, 1.54) is 16.4 Å². The first kappa shape index (κ1) is 23.7. The van der Waals surface area contributed by atoms with Crippen LogP contribution < -0.4 is 5.32 Å². The average molecular weight is 512 g/mol. The summed E-state index contributed by atoms with van der Waals surface area (Å²) in [7, 11) is -3.87. The molecule has 3 aromatic rings. The van der Waals surface area contributed by atoms with E-state index in [0.717, 1.165) is 15.6 Å².